The predicted molar refractivity (Wildman–Crippen MR) is 116 cm³/mol. The molecular formula is C19H27IN4O3. The number of hydrogen-bond acceptors (Lipinski definition) is 4. The maximum atomic E-state index is 12.3. The van der Waals surface area contributed by atoms with Gasteiger partial charge in [0.2, 0.25) is 0 Å². The molecule has 7 nitrogen and oxygen atoms in total. The number of carbonyl (C=O) groups excluding carboxylic acids is 1. The highest BCUT2D eigenvalue weighted by Gasteiger charge is 2.07. The van der Waals surface area contributed by atoms with Gasteiger partial charge in [-0.15, -0.1) is 24.0 Å². The van der Waals surface area contributed by atoms with E-state index in [1.807, 2.05) is 31.2 Å². The number of nitrogens with zero attached hydrogens (tertiary/aromatic N) is 1. The van der Waals surface area contributed by atoms with E-state index in [-0.39, 0.29) is 29.9 Å². The number of carbonyl (C=O) groups is 1. The van der Waals surface area contributed by atoms with E-state index >= 15 is 0 Å². The number of guanidine groups is 1. The Morgan fingerprint density at radius 3 is 2.70 bits per heavy atom. The fourth-order valence-electron chi connectivity index (χ4n) is 2.30. The van der Waals surface area contributed by atoms with Crippen LogP contribution in [-0.2, 0) is 17.8 Å². The lowest BCUT2D eigenvalue weighted by molar-refractivity contribution is 0.0948. The first kappa shape index (κ1) is 23.0. The summed E-state index contributed by atoms with van der Waals surface area (Å²) in [7, 11) is 1.72. The Morgan fingerprint density at radius 2 is 2.00 bits per heavy atom. The van der Waals surface area contributed by atoms with Crippen molar-refractivity contribution >= 4 is 35.8 Å². The van der Waals surface area contributed by atoms with Crippen molar-refractivity contribution in [3.05, 3.63) is 59.5 Å². The Morgan fingerprint density at radius 1 is 1.15 bits per heavy atom. The summed E-state index contributed by atoms with van der Waals surface area (Å²) < 4.78 is 10.5. The first-order valence-electron chi connectivity index (χ1n) is 8.64. The standard InChI is InChI=1S/C19H26N4O3.HI/c1-3-25-11-9-21-19(20-2)23-13-15-6-4-7-16(12-15)18(24)22-14-17-8-5-10-26-17;/h4-8,10,12H,3,9,11,13-14H2,1-2H3,(H,22,24)(H2,20,21,23);1H. The van der Waals surface area contributed by atoms with Gasteiger partial charge in [0, 0.05) is 32.3 Å². The van der Waals surface area contributed by atoms with Crippen molar-refractivity contribution in [3.63, 3.8) is 0 Å². The molecule has 0 radical (unpaired) electrons. The molecule has 8 heteroatoms. The summed E-state index contributed by atoms with van der Waals surface area (Å²) in [6, 6.07) is 11.1. The Kier molecular flexibility index (Phi) is 11.2. The smallest absolute Gasteiger partial charge is 0.251 e. The van der Waals surface area contributed by atoms with Crippen molar-refractivity contribution in [1.29, 1.82) is 0 Å². The third kappa shape index (κ3) is 8.44. The lowest BCUT2D eigenvalue weighted by atomic mass is 10.1. The number of halogens is 1. The van der Waals surface area contributed by atoms with Crippen molar-refractivity contribution in [2.75, 3.05) is 26.8 Å². The number of aliphatic imine (C=N–C) groups is 1. The molecule has 2 aromatic rings. The first-order valence-corrected chi connectivity index (χ1v) is 8.64. The zero-order valence-corrected chi connectivity index (χ0v) is 18.0. The van der Waals surface area contributed by atoms with E-state index in [1.165, 1.54) is 0 Å². The van der Waals surface area contributed by atoms with E-state index in [0.717, 1.165) is 11.3 Å². The molecule has 27 heavy (non-hydrogen) atoms. The summed E-state index contributed by atoms with van der Waals surface area (Å²) >= 11 is 0. The maximum Gasteiger partial charge on any atom is 0.251 e. The van der Waals surface area contributed by atoms with Crippen LogP contribution in [0.1, 0.15) is 28.6 Å². The molecule has 0 saturated heterocycles. The highest BCUT2D eigenvalue weighted by atomic mass is 127. The Bertz CT molecular complexity index is 705. The molecule has 0 aliphatic rings. The van der Waals surface area contributed by atoms with Crippen LogP contribution in [0.3, 0.4) is 0 Å². The summed E-state index contributed by atoms with van der Waals surface area (Å²) in [5.74, 6) is 1.28. The van der Waals surface area contributed by atoms with E-state index in [4.69, 9.17) is 9.15 Å². The number of ether oxygens (including phenoxy) is 1. The Balaban J connectivity index is 0.00000364. The minimum absolute atomic E-state index is 0. The molecule has 0 fully saturated rings. The van der Waals surface area contributed by atoms with Crippen LogP contribution < -0.4 is 16.0 Å². The van der Waals surface area contributed by atoms with Crippen molar-refractivity contribution in [1.82, 2.24) is 16.0 Å². The largest absolute Gasteiger partial charge is 0.467 e. The van der Waals surface area contributed by atoms with Gasteiger partial charge >= 0.3 is 0 Å². The molecule has 0 unspecified atom stereocenters. The van der Waals surface area contributed by atoms with E-state index in [1.54, 1.807) is 25.4 Å². The average Bonchev–Trinajstić information content (AvgIpc) is 3.19. The van der Waals surface area contributed by atoms with Crippen molar-refractivity contribution in [3.8, 4) is 0 Å². The number of benzene rings is 1. The van der Waals surface area contributed by atoms with Crippen molar-refractivity contribution < 1.29 is 13.9 Å². The van der Waals surface area contributed by atoms with Crippen molar-refractivity contribution in [2.24, 2.45) is 4.99 Å². The highest BCUT2D eigenvalue weighted by molar-refractivity contribution is 14.0. The monoisotopic (exact) mass is 486 g/mol. The molecule has 2 rings (SSSR count). The summed E-state index contributed by atoms with van der Waals surface area (Å²) in [6.45, 7) is 4.90. The highest BCUT2D eigenvalue weighted by Crippen LogP contribution is 2.06. The van der Waals surface area contributed by atoms with Gasteiger partial charge in [-0.3, -0.25) is 9.79 Å². The molecule has 3 N–H and O–H groups in total. The zero-order valence-electron chi connectivity index (χ0n) is 15.7. The number of rotatable bonds is 9. The maximum absolute atomic E-state index is 12.3. The summed E-state index contributed by atoms with van der Waals surface area (Å²) in [5, 5.41) is 9.23. The molecule has 0 aliphatic carbocycles. The molecule has 0 spiro atoms. The lowest BCUT2D eigenvalue weighted by Crippen LogP contribution is -2.38. The summed E-state index contributed by atoms with van der Waals surface area (Å²) in [4.78, 5) is 16.4. The van der Waals surface area contributed by atoms with E-state index in [0.29, 0.717) is 44.4 Å². The van der Waals surface area contributed by atoms with Gasteiger partial charge in [0.1, 0.15) is 5.76 Å². The van der Waals surface area contributed by atoms with Crippen LogP contribution in [0.15, 0.2) is 52.1 Å². The minimum Gasteiger partial charge on any atom is -0.467 e. The summed E-state index contributed by atoms with van der Waals surface area (Å²) in [5.41, 5.74) is 1.60. The van der Waals surface area contributed by atoms with Gasteiger partial charge in [-0.05, 0) is 36.8 Å². The zero-order chi connectivity index (χ0) is 18.6. The van der Waals surface area contributed by atoms with Gasteiger partial charge in [-0.25, -0.2) is 0 Å². The van der Waals surface area contributed by atoms with Gasteiger partial charge in [0.25, 0.3) is 5.91 Å². The van der Waals surface area contributed by atoms with E-state index < -0.39 is 0 Å². The second-order valence-electron chi connectivity index (χ2n) is 5.51. The van der Waals surface area contributed by atoms with Gasteiger partial charge in [0.05, 0.1) is 19.4 Å². The van der Waals surface area contributed by atoms with Crippen molar-refractivity contribution in [2.45, 2.75) is 20.0 Å². The number of amides is 1. The van der Waals surface area contributed by atoms with Crippen LogP contribution in [0, 0.1) is 0 Å². The fourth-order valence-corrected chi connectivity index (χ4v) is 2.30. The first-order chi connectivity index (χ1) is 12.7. The third-order valence-corrected chi connectivity index (χ3v) is 3.62. The SMILES string of the molecule is CCOCCNC(=NC)NCc1cccc(C(=O)NCc2ccco2)c1.I. The molecule has 148 valence electrons. The molecule has 1 aromatic carbocycles. The minimum atomic E-state index is -0.137. The van der Waals surface area contributed by atoms with E-state index in [2.05, 4.69) is 20.9 Å². The normalized spacial score (nSPS) is 10.8. The van der Waals surface area contributed by atoms with E-state index in [9.17, 15) is 4.79 Å². The van der Waals surface area contributed by atoms with Crippen LogP contribution in [0.4, 0.5) is 0 Å². The van der Waals surface area contributed by atoms with Crippen LogP contribution in [0.25, 0.3) is 0 Å². The second kappa shape index (κ2) is 13.2. The van der Waals surface area contributed by atoms with Crippen LogP contribution in [-0.4, -0.2) is 38.7 Å². The quantitative estimate of drug-likeness (QED) is 0.220. The Labute approximate surface area is 177 Å². The van der Waals surface area contributed by atoms with Gasteiger partial charge in [-0.2, -0.15) is 0 Å². The topological polar surface area (TPSA) is 87.9 Å². The van der Waals surface area contributed by atoms with Crippen LogP contribution in [0.2, 0.25) is 0 Å². The molecule has 0 aliphatic heterocycles. The molecule has 1 amide bonds. The summed E-state index contributed by atoms with van der Waals surface area (Å²) in [6.07, 6.45) is 1.59. The van der Waals surface area contributed by atoms with Crippen LogP contribution >= 0.6 is 24.0 Å². The number of furan rings is 1. The number of nitrogens with one attached hydrogen (secondary N) is 3. The molecule has 1 aromatic heterocycles. The molecule has 0 saturated carbocycles. The molecule has 0 atom stereocenters. The fraction of sp³-hybridized carbons (Fsp3) is 0.368. The Hall–Kier alpha value is -2.07. The van der Waals surface area contributed by atoms with Gasteiger partial charge in [-0.1, -0.05) is 12.1 Å². The lowest BCUT2D eigenvalue weighted by Gasteiger charge is -2.12. The number of hydrogen-bond donors (Lipinski definition) is 3. The molecule has 1 heterocycles. The molecular weight excluding hydrogens is 459 g/mol. The van der Waals surface area contributed by atoms with Gasteiger partial charge < -0.3 is 25.1 Å². The third-order valence-electron chi connectivity index (χ3n) is 3.62. The van der Waals surface area contributed by atoms with Gasteiger partial charge in [0.15, 0.2) is 5.96 Å². The predicted octanol–water partition coefficient (Wildman–Crippen LogP) is 2.53. The average molecular weight is 486 g/mol. The second-order valence-corrected chi connectivity index (χ2v) is 5.51. The van der Waals surface area contributed by atoms with Crippen LogP contribution in [0.5, 0.6) is 0 Å². The molecule has 0 bridgehead atoms.